The Bertz CT molecular complexity index is 766. The SMILES string of the molecule is CC1CCC(Cn2cc(CC3CO3)nn2)C(Cn2cc(CC3CO3)nn2)C1. The van der Waals surface area contributed by atoms with Crippen LogP contribution in [0.4, 0.5) is 0 Å². The molecule has 3 aliphatic rings. The van der Waals surface area contributed by atoms with Crippen LogP contribution in [0.2, 0.25) is 0 Å². The average molecular weight is 372 g/mol. The fourth-order valence-corrected chi connectivity index (χ4v) is 4.39. The number of nitrogens with zero attached hydrogens (tertiary/aromatic N) is 6. The van der Waals surface area contributed by atoms with Crippen molar-refractivity contribution < 1.29 is 9.47 Å². The van der Waals surface area contributed by atoms with Crippen molar-refractivity contribution >= 4 is 0 Å². The van der Waals surface area contributed by atoms with Gasteiger partial charge in [-0.25, -0.2) is 0 Å². The van der Waals surface area contributed by atoms with Crippen LogP contribution in [0.1, 0.15) is 37.6 Å². The first-order chi connectivity index (χ1) is 13.2. The van der Waals surface area contributed by atoms with E-state index in [0.717, 1.165) is 56.5 Å². The lowest BCUT2D eigenvalue weighted by molar-refractivity contribution is 0.142. The third-order valence-electron chi connectivity index (χ3n) is 6.10. The van der Waals surface area contributed by atoms with Crippen LogP contribution in [0.3, 0.4) is 0 Å². The largest absolute Gasteiger partial charge is 0.373 e. The smallest absolute Gasteiger partial charge is 0.0866 e. The van der Waals surface area contributed by atoms with Crippen molar-refractivity contribution in [2.45, 2.75) is 64.3 Å². The maximum Gasteiger partial charge on any atom is 0.0866 e. The molecule has 0 spiro atoms. The maximum atomic E-state index is 5.30. The molecule has 146 valence electrons. The molecule has 1 saturated carbocycles. The van der Waals surface area contributed by atoms with Crippen molar-refractivity contribution in [3.05, 3.63) is 23.8 Å². The first-order valence-electron chi connectivity index (χ1n) is 10.2. The van der Waals surface area contributed by atoms with Crippen molar-refractivity contribution in [1.82, 2.24) is 30.0 Å². The van der Waals surface area contributed by atoms with Crippen LogP contribution in [0.15, 0.2) is 12.4 Å². The molecule has 1 aliphatic carbocycles. The van der Waals surface area contributed by atoms with Crippen LogP contribution in [0.5, 0.6) is 0 Å². The van der Waals surface area contributed by atoms with E-state index in [1.807, 2.05) is 9.36 Å². The van der Waals surface area contributed by atoms with Crippen LogP contribution in [-0.2, 0) is 35.4 Å². The molecule has 8 nitrogen and oxygen atoms in total. The summed E-state index contributed by atoms with van der Waals surface area (Å²) in [7, 11) is 0. The molecule has 0 aromatic carbocycles. The second kappa shape index (κ2) is 7.31. The van der Waals surface area contributed by atoms with Gasteiger partial charge in [0.25, 0.3) is 0 Å². The number of aromatic nitrogens is 6. The van der Waals surface area contributed by atoms with Gasteiger partial charge in [0.2, 0.25) is 0 Å². The Balaban J connectivity index is 1.22. The van der Waals surface area contributed by atoms with Crippen molar-refractivity contribution in [2.75, 3.05) is 13.2 Å². The summed E-state index contributed by atoms with van der Waals surface area (Å²) in [6.07, 6.45) is 10.5. The zero-order valence-corrected chi connectivity index (χ0v) is 15.9. The molecule has 0 bridgehead atoms. The highest BCUT2D eigenvalue weighted by molar-refractivity contribution is 4.99. The quantitative estimate of drug-likeness (QED) is 0.653. The van der Waals surface area contributed by atoms with Gasteiger partial charge >= 0.3 is 0 Å². The molecule has 5 atom stereocenters. The van der Waals surface area contributed by atoms with Crippen molar-refractivity contribution in [2.24, 2.45) is 17.8 Å². The molecule has 5 unspecified atom stereocenters. The van der Waals surface area contributed by atoms with Gasteiger partial charge in [-0.1, -0.05) is 23.8 Å². The Kier molecular flexibility index (Phi) is 4.69. The van der Waals surface area contributed by atoms with Gasteiger partial charge in [0.05, 0.1) is 36.8 Å². The van der Waals surface area contributed by atoms with Crippen LogP contribution in [0.25, 0.3) is 0 Å². The molecular weight excluding hydrogens is 344 g/mol. The molecule has 0 radical (unpaired) electrons. The minimum Gasteiger partial charge on any atom is -0.373 e. The fraction of sp³-hybridized carbons (Fsp3) is 0.789. The zero-order valence-electron chi connectivity index (χ0n) is 15.9. The minimum absolute atomic E-state index is 0.361. The van der Waals surface area contributed by atoms with E-state index in [0.29, 0.717) is 24.0 Å². The molecule has 0 N–H and O–H groups in total. The number of hydrogen-bond donors (Lipinski definition) is 0. The van der Waals surface area contributed by atoms with Gasteiger partial charge in [-0.15, -0.1) is 10.2 Å². The van der Waals surface area contributed by atoms with Gasteiger partial charge in [0, 0.05) is 38.3 Å². The minimum atomic E-state index is 0.361. The Morgan fingerprint density at radius 1 is 0.889 bits per heavy atom. The van der Waals surface area contributed by atoms with E-state index in [4.69, 9.17) is 9.47 Å². The fourth-order valence-electron chi connectivity index (χ4n) is 4.39. The molecule has 2 saturated heterocycles. The van der Waals surface area contributed by atoms with E-state index < -0.39 is 0 Å². The van der Waals surface area contributed by atoms with Gasteiger partial charge in [-0.05, 0) is 30.6 Å². The van der Waals surface area contributed by atoms with Crippen molar-refractivity contribution in [3.8, 4) is 0 Å². The molecule has 2 aliphatic heterocycles. The number of epoxide rings is 2. The molecule has 0 amide bonds. The topological polar surface area (TPSA) is 86.5 Å². The predicted molar refractivity (Wildman–Crippen MR) is 96.9 cm³/mol. The van der Waals surface area contributed by atoms with Crippen molar-refractivity contribution in [1.29, 1.82) is 0 Å². The summed E-state index contributed by atoms with van der Waals surface area (Å²) in [6, 6.07) is 0. The van der Waals surface area contributed by atoms with E-state index in [1.54, 1.807) is 0 Å². The summed E-state index contributed by atoms with van der Waals surface area (Å²) in [5.74, 6) is 1.97. The number of ether oxygens (including phenoxy) is 2. The third-order valence-corrected chi connectivity index (χ3v) is 6.10. The summed E-state index contributed by atoms with van der Waals surface area (Å²) < 4.78 is 14.7. The highest BCUT2D eigenvalue weighted by Gasteiger charge is 2.31. The molecule has 5 rings (SSSR count). The van der Waals surface area contributed by atoms with Crippen LogP contribution in [0, 0.1) is 17.8 Å². The Morgan fingerprint density at radius 2 is 1.44 bits per heavy atom. The van der Waals surface area contributed by atoms with Gasteiger partial charge in [0.15, 0.2) is 0 Å². The zero-order chi connectivity index (χ0) is 18.2. The first kappa shape index (κ1) is 17.3. The highest BCUT2D eigenvalue weighted by Crippen LogP contribution is 2.35. The lowest BCUT2D eigenvalue weighted by atomic mass is 9.74. The second-order valence-electron chi connectivity index (χ2n) is 8.62. The summed E-state index contributed by atoms with van der Waals surface area (Å²) in [6.45, 7) is 5.96. The molecule has 2 aromatic heterocycles. The summed E-state index contributed by atoms with van der Waals surface area (Å²) in [4.78, 5) is 0. The third kappa shape index (κ3) is 4.55. The standard InChI is InChI=1S/C19H28N6O2/c1-13-2-3-14(7-24-9-16(20-22-24)5-18-11-26-18)15(4-13)8-25-10-17(21-23-25)6-19-12-27-19/h9-10,13-15,18-19H,2-8,11-12H2,1H3. The van der Waals surface area contributed by atoms with Crippen LogP contribution >= 0.6 is 0 Å². The normalized spacial score (nSPS) is 32.6. The van der Waals surface area contributed by atoms with E-state index in [9.17, 15) is 0 Å². The Labute approximate surface area is 159 Å². The number of hydrogen-bond acceptors (Lipinski definition) is 6. The van der Waals surface area contributed by atoms with Gasteiger partial charge in [-0.2, -0.15) is 0 Å². The molecule has 3 fully saturated rings. The lowest BCUT2D eigenvalue weighted by Gasteiger charge is -2.34. The van der Waals surface area contributed by atoms with E-state index in [1.165, 1.54) is 19.3 Å². The molecule has 2 aromatic rings. The molecular formula is C19H28N6O2. The van der Waals surface area contributed by atoms with Crippen LogP contribution < -0.4 is 0 Å². The van der Waals surface area contributed by atoms with Gasteiger partial charge in [-0.3, -0.25) is 9.36 Å². The van der Waals surface area contributed by atoms with Gasteiger partial charge < -0.3 is 9.47 Å². The monoisotopic (exact) mass is 372 g/mol. The van der Waals surface area contributed by atoms with E-state index in [2.05, 4.69) is 39.9 Å². The number of rotatable bonds is 8. The van der Waals surface area contributed by atoms with E-state index >= 15 is 0 Å². The molecule has 4 heterocycles. The first-order valence-corrected chi connectivity index (χ1v) is 10.2. The summed E-state index contributed by atoms with van der Waals surface area (Å²) in [5, 5.41) is 17.4. The van der Waals surface area contributed by atoms with Crippen LogP contribution in [-0.4, -0.2) is 55.4 Å². The Morgan fingerprint density at radius 3 is 2.00 bits per heavy atom. The second-order valence-corrected chi connectivity index (χ2v) is 8.62. The van der Waals surface area contributed by atoms with Gasteiger partial charge in [0.1, 0.15) is 0 Å². The average Bonchev–Trinajstić information content (AvgIpc) is 3.54. The predicted octanol–water partition coefficient (Wildman–Crippen LogP) is 1.50. The Hall–Kier alpha value is -1.80. The highest BCUT2D eigenvalue weighted by atomic mass is 16.6. The summed E-state index contributed by atoms with van der Waals surface area (Å²) >= 11 is 0. The lowest BCUT2D eigenvalue weighted by Crippen LogP contribution is -2.31. The molecule has 8 heteroatoms. The maximum absolute atomic E-state index is 5.30. The van der Waals surface area contributed by atoms with E-state index in [-0.39, 0.29) is 0 Å². The summed E-state index contributed by atoms with van der Waals surface area (Å²) in [5.41, 5.74) is 2.09. The van der Waals surface area contributed by atoms with Crippen molar-refractivity contribution in [3.63, 3.8) is 0 Å². The molecule has 27 heavy (non-hydrogen) atoms.